The van der Waals surface area contributed by atoms with E-state index in [-0.39, 0.29) is 17.8 Å². The summed E-state index contributed by atoms with van der Waals surface area (Å²) in [6.45, 7) is 4.78. The third-order valence-corrected chi connectivity index (χ3v) is 5.12. The molecular weight excluding hydrogens is 328 g/mol. The molecule has 0 bridgehead atoms. The molecule has 1 atom stereocenters. The van der Waals surface area contributed by atoms with Crippen molar-refractivity contribution in [3.63, 3.8) is 0 Å². The number of carbonyl (C=O) groups is 1. The minimum absolute atomic E-state index is 0.0416. The molecule has 0 saturated carbocycles. The van der Waals surface area contributed by atoms with E-state index >= 15 is 0 Å². The van der Waals surface area contributed by atoms with E-state index in [0.29, 0.717) is 0 Å². The van der Waals surface area contributed by atoms with Gasteiger partial charge in [0.05, 0.1) is 17.4 Å². The van der Waals surface area contributed by atoms with Crippen LogP contribution in [0.5, 0.6) is 0 Å². The van der Waals surface area contributed by atoms with E-state index in [1.165, 1.54) is 0 Å². The van der Waals surface area contributed by atoms with Gasteiger partial charge in [0.2, 0.25) is 5.82 Å². The van der Waals surface area contributed by atoms with Crippen LogP contribution in [0.15, 0.2) is 36.7 Å². The lowest BCUT2D eigenvalue weighted by molar-refractivity contribution is 0.0722. The van der Waals surface area contributed by atoms with Crippen LogP contribution in [0.4, 0.5) is 0 Å². The number of hydrogen-bond acceptors (Lipinski definition) is 4. The summed E-state index contributed by atoms with van der Waals surface area (Å²) >= 11 is 0. The van der Waals surface area contributed by atoms with E-state index in [0.717, 1.165) is 42.0 Å². The van der Waals surface area contributed by atoms with Gasteiger partial charge in [-0.05, 0) is 38.8 Å². The number of aromatic nitrogens is 5. The number of amides is 1. The topological polar surface area (TPSA) is 68.8 Å². The van der Waals surface area contributed by atoms with Crippen molar-refractivity contribution in [1.29, 1.82) is 0 Å². The summed E-state index contributed by atoms with van der Waals surface area (Å²) in [6, 6.07) is 9.72. The van der Waals surface area contributed by atoms with Crippen LogP contribution in [0.2, 0.25) is 0 Å². The maximum absolute atomic E-state index is 13.1. The minimum atomic E-state index is -0.121. The van der Waals surface area contributed by atoms with Gasteiger partial charge in [-0.1, -0.05) is 18.2 Å². The molecule has 2 aromatic heterocycles. The molecular formula is C19H22N6O. The lowest BCUT2D eigenvalue weighted by atomic mass is 10.0. The van der Waals surface area contributed by atoms with Crippen molar-refractivity contribution in [3.8, 4) is 5.69 Å². The lowest BCUT2D eigenvalue weighted by Crippen LogP contribution is -2.32. The standard InChI is InChI=1S/C19H22N6O/c1-13-17(14(2)23(3)21-13)16-10-7-11-24(16)19(26)18-20-12-25(22-18)15-8-5-4-6-9-15/h4-6,8-9,12,16H,7,10-11H2,1-3H3. The highest BCUT2D eigenvalue weighted by Gasteiger charge is 2.35. The molecule has 26 heavy (non-hydrogen) atoms. The predicted octanol–water partition coefficient (Wildman–Crippen LogP) is 2.59. The van der Waals surface area contributed by atoms with Gasteiger partial charge >= 0.3 is 0 Å². The Hall–Kier alpha value is -2.96. The fourth-order valence-corrected chi connectivity index (χ4v) is 3.78. The smallest absolute Gasteiger partial charge is 0.294 e. The largest absolute Gasteiger partial charge is 0.329 e. The highest BCUT2D eigenvalue weighted by Crippen LogP contribution is 2.36. The summed E-state index contributed by atoms with van der Waals surface area (Å²) in [4.78, 5) is 19.2. The summed E-state index contributed by atoms with van der Waals surface area (Å²) in [5.41, 5.74) is 4.13. The molecule has 7 heteroatoms. The zero-order chi connectivity index (χ0) is 18.3. The Morgan fingerprint density at radius 1 is 1.15 bits per heavy atom. The molecule has 1 aromatic carbocycles. The first kappa shape index (κ1) is 16.5. The zero-order valence-electron chi connectivity index (χ0n) is 15.3. The van der Waals surface area contributed by atoms with Crippen LogP contribution >= 0.6 is 0 Å². The van der Waals surface area contributed by atoms with E-state index in [4.69, 9.17) is 0 Å². The summed E-state index contributed by atoms with van der Waals surface area (Å²) in [5, 5.41) is 8.91. The van der Waals surface area contributed by atoms with Gasteiger partial charge in [-0.2, -0.15) is 5.10 Å². The van der Waals surface area contributed by atoms with Gasteiger partial charge in [-0.3, -0.25) is 9.48 Å². The predicted molar refractivity (Wildman–Crippen MR) is 97.1 cm³/mol. The molecule has 1 amide bonds. The lowest BCUT2D eigenvalue weighted by Gasteiger charge is -2.24. The fraction of sp³-hybridized carbons (Fsp3) is 0.368. The quantitative estimate of drug-likeness (QED) is 0.728. The van der Waals surface area contributed by atoms with Crippen LogP contribution in [0.3, 0.4) is 0 Å². The highest BCUT2D eigenvalue weighted by molar-refractivity contribution is 5.91. The van der Waals surface area contributed by atoms with Crippen molar-refractivity contribution >= 4 is 5.91 Å². The molecule has 3 heterocycles. The minimum Gasteiger partial charge on any atom is -0.329 e. The first-order chi connectivity index (χ1) is 12.6. The van der Waals surface area contributed by atoms with E-state index in [2.05, 4.69) is 22.1 Å². The molecule has 1 unspecified atom stereocenters. The number of likely N-dealkylation sites (tertiary alicyclic amines) is 1. The summed E-state index contributed by atoms with van der Waals surface area (Å²) in [6.07, 6.45) is 3.51. The number of rotatable bonds is 3. The average molecular weight is 350 g/mol. The molecule has 4 rings (SSSR count). The number of hydrogen-bond donors (Lipinski definition) is 0. The highest BCUT2D eigenvalue weighted by atomic mass is 16.2. The molecule has 1 fully saturated rings. The van der Waals surface area contributed by atoms with E-state index in [1.54, 1.807) is 11.0 Å². The summed E-state index contributed by atoms with van der Waals surface area (Å²) in [7, 11) is 1.94. The van der Waals surface area contributed by atoms with Crippen LogP contribution in [0, 0.1) is 13.8 Å². The molecule has 0 aliphatic carbocycles. The maximum Gasteiger partial charge on any atom is 0.294 e. The van der Waals surface area contributed by atoms with Gasteiger partial charge in [0, 0.05) is 24.8 Å². The molecule has 1 aliphatic heterocycles. The Kier molecular flexibility index (Phi) is 4.06. The van der Waals surface area contributed by atoms with Crippen molar-refractivity contribution in [2.45, 2.75) is 32.7 Å². The first-order valence-electron chi connectivity index (χ1n) is 8.84. The van der Waals surface area contributed by atoms with Gasteiger partial charge in [-0.25, -0.2) is 9.67 Å². The van der Waals surface area contributed by atoms with Gasteiger partial charge in [0.15, 0.2) is 0 Å². The first-order valence-corrected chi connectivity index (χ1v) is 8.84. The molecule has 7 nitrogen and oxygen atoms in total. The molecule has 1 aliphatic rings. The van der Waals surface area contributed by atoms with E-state index in [1.807, 2.05) is 53.9 Å². The third-order valence-electron chi connectivity index (χ3n) is 5.12. The fourth-order valence-electron chi connectivity index (χ4n) is 3.78. The Balaban J connectivity index is 1.63. The van der Waals surface area contributed by atoms with Crippen molar-refractivity contribution in [2.24, 2.45) is 7.05 Å². The third kappa shape index (κ3) is 2.69. The SMILES string of the molecule is Cc1nn(C)c(C)c1C1CCCN1C(=O)c1ncn(-c2ccccc2)n1. The Labute approximate surface area is 152 Å². The van der Waals surface area contributed by atoms with Crippen LogP contribution in [0.1, 0.15) is 46.5 Å². The van der Waals surface area contributed by atoms with E-state index < -0.39 is 0 Å². The van der Waals surface area contributed by atoms with Crippen molar-refractivity contribution in [1.82, 2.24) is 29.4 Å². The second-order valence-electron chi connectivity index (χ2n) is 6.71. The van der Waals surface area contributed by atoms with Crippen molar-refractivity contribution in [2.75, 3.05) is 6.54 Å². The van der Waals surface area contributed by atoms with E-state index in [9.17, 15) is 4.79 Å². The van der Waals surface area contributed by atoms with Crippen LogP contribution in [0.25, 0.3) is 5.69 Å². The number of aryl methyl sites for hydroxylation is 2. The molecule has 1 saturated heterocycles. The monoisotopic (exact) mass is 350 g/mol. The molecule has 3 aromatic rings. The number of carbonyl (C=O) groups excluding carboxylic acids is 1. The molecule has 0 spiro atoms. The van der Waals surface area contributed by atoms with Crippen molar-refractivity contribution in [3.05, 3.63) is 59.4 Å². The van der Waals surface area contributed by atoms with Gasteiger partial charge in [0.25, 0.3) is 5.91 Å². The van der Waals surface area contributed by atoms with Crippen LogP contribution in [-0.2, 0) is 7.05 Å². The van der Waals surface area contributed by atoms with Crippen LogP contribution < -0.4 is 0 Å². The number of nitrogens with zero attached hydrogens (tertiary/aromatic N) is 6. The van der Waals surface area contributed by atoms with Gasteiger partial charge < -0.3 is 4.90 Å². The number of benzene rings is 1. The maximum atomic E-state index is 13.1. The second kappa shape index (κ2) is 6.40. The molecule has 0 radical (unpaired) electrons. The Morgan fingerprint density at radius 3 is 2.62 bits per heavy atom. The van der Waals surface area contributed by atoms with Gasteiger partial charge in [-0.15, -0.1) is 5.10 Å². The average Bonchev–Trinajstić information content (AvgIpc) is 3.36. The molecule has 0 N–H and O–H groups in total. The normalized spacial score (nSPS) is 17.0. The molecule has 134 valence electrons. The van der Waals surface area contributed by atoms with Crippen molar-refractivity contribution < 1.29 is 4.79 Å². The second-order valence-corrected chi connectivity index (χ2v) is 6.71. The van der Waals surface area contributed by atoms with Crippen LogP contribution in [-0.4, -0.2) is 41.9 Å². The summed E-state index contributed by atoms with van der Waals surface area (Å²) in [5.74, 6) is 0.116. The Bertz CT molecular complexity index is 942. The summed E-state index contributed by atoms with van der Waals surface area (Å²) < 4.78 is 3.52. The zero-order valence-corrected chi connectivity index (χ0v) is 15.3. The number of para-hydroxylation sites is 1. The Morgan fingerprint density at radius 2 is 1.92 bits per heavy atom. The van der Waals surface area contributed by atoms with Gasteiger partial charge in [0.1, 0.15) is 6.33 Å².